The van der Waals surface area contributed by atoms with Crippen LogP contribution in [0, 0.1) is 0 Å². The van der Waals surface area contributed by atoms with Crippen LogP contribution in [0.1, 0.15) is 252 Å². The average Bonchev–Trinajstić information content (AvgIpc) is 3.37. The minimum absolute atomic E-state index is 0.119. The maximum Gasteiger partial charge on any atom is 0.306 e. The lowest BCUT2D eigenvalue weighted by Gasteiger charge is -2.18. The summed E-state index contributed by atoms with van der Waals surface area (Å²) in [6.07, 6.45) is 80.5. The molecule has 6 heteroatoms. The van der Waals surface area contributed by atoms with E-state index in [0.29, 0.717) is 19.3 Å². The van der Waals surface area contributed by atoms with Crippen LogP contribution >= 0.6 is 0 Å². The standard InChI is InChI=1S/C65H106O6/c1-4-7-10-13-16-19-22-25-28-31-32-35-37-40-43-46-49-52-55-58-64(67)70-61-62(71-65(68)59-56-53-50-47-44-41-38-34-30-27-24-21-18-15-12-9-6-3)60-69-63(66)57-54-51-48-45-42-39-36-33-29-26-23-20-17-14-11-8-5-2/h16-21,25-30,32,35-36,39-40,43,49,52,62H,4-15,22-24,31,33-34,37-38,41-42,44-48,50-51,53-61H2,1-3H3/b19-16-,20-17-,21-18-,28-25-,29-26-,30-27-,35-32-,39-36-,43-40-,52-49-/t62-/m0/s1. The normalized spacial score (nSPS) is 13.0. The molecule has 0 heterocycles. The van der Waals surface area contributed by atoms with Crippen molar-refractivity contribution in [3.8, 4) is 0 Å². The Morgan fingerprint density at radius 1 is 0.282 bits per heavy atom. The van der Waals surface area contributed by atoms with Crippen molar-refractivity contribution in [2.24, 2.45) is 0 Å². The van der Waals surface area contributed by atoms with E-state index < -0.39 is 6.10 Å². The Morgan fingerprint density at radius 2 is 0.535 bits per heavy atom. The number of carbonyl (C=O) groups excluding carboxylic acids is 3. The maximum atomic E-state index is 12.9. The molecule has 0 aliphatic rings. The second kappa shape index (κ2) is 58.4. The number of esters is 3. The van der Waals surface area contributed by atoms with Gasteiger partial charge in [0.25, 0.3) is 0 Å². The van der Waals surface area contributed by atoms with Crippen molar-refractivity contribution in [1.29, 1.82) is 0 Å². The largest absolute Gasteiger partial charge is 0.462 e. The zero-order chi connectivity index (χ0) is 51.4. The lowest BCUT2D eigenvalue weighted by molar-refractivity contribution is -0.166. The second-order valence-electron chi connectivity index (χ2n) is 18.8. The van der Waals surface area contributed by atoms with Crippen LogP contribution in [0.15, 0.2) is 122 Å². The smallest absolute Gasteiger partial charge is 0.306 e. The third-order valence-electron chi connectivity index (χ3n) is 11.9. The van der Waals surface area contributed by atoms with Crippen molar-refractivity contribution in [1.82, 2.24) is 0 Å². The minimum Gasteiger partial charge on any atom is -0.462 e. The van der Waals surface area contributed by atoms with Crippen LogP contribution in [0.4, 0.5) is 0 Å². The molecular formula is C65H106O6. The Kier molecular flexibility index (Phi) is 54.9. The lowest BCUT2D eigenvalue weighted by atomic mass is 10.1. The summed E-state index contributed by atoms with van der Waals surface area (Å²) in [6, 6.07) is 0. The molecule has 0 bridgehead atoms. The molecule has 0 aromatic carbocycles. The van der Waals surface area contributed by atoms with E-state index in [2.05, 4.69) is 136 Å². The van der Waals surface area contributed by atoms with Gasteiger partial charge in [0.15, 0.2) is 6.10 Å². The molecule has 6 nitrogen and oxygen atoms in total. The van der Waals surface area contributed by atoms with Gasteiger partial charge in [-0.05, 0) is 128 Å². The Bertz CT molecular complexity index is 1500. The van der Waals surface area contributed by atoms with Crippen LogP contribution in [0.5, 0.6) is 0 Å². The highest BCUT2D eigenvalue weighted by atomic mass is 16.6. The minimum atomic E-state index is -0.826. The van der Waals surface area contributed by atoms with E-state index in [1.54, 1.807) is 0 Å². The summed E-state index contributed by atoms with van der Waals surface area (Å²) in [7, 11) is 0. The van der Waals surface area contributed by atoms with Crippen molar-refractivity contribution in [3.05, 3.63) is 122 Å². The second-order valence-corrected chi connectivity index (χ2v) is 18.8. The van der Waals surface area contributed by atoms with Crippen molar-refractivity contribution in [2.75, 3.05) is 13.2 Å². The van der Waals surface area contributed by atoms with Crippen molar-refractivity contribution < 1.29 is 28.6 Å². The first-order valence-corrected chi connectivity index (χ1v) is 29.0. The summed E-state index contributed by atoms with van der Waals surface area (Å²) in [4.78, 5) is 38.2. The van der Waals surface area contributed by atoms with Gasteiger partial charge in [0.1, 0.15) is 13.2 Å². The van der Waals surface area contributed by atoms with Crippen LogP contribution in [-0.2, 0) is 28.6 Å². The summed E-state index contributed by atoms with van der Waals surface area (Å²) in [6.45, 7) is 6.47. The average molecular weight is 984 g/mol. The number of hydrogen-bond donors (Lipinski definition) is 0. The van der Waals surface area contributed by atoms with E-state index >= 15 is 0 Å². The van der Waals surface area contributed by atoms with E-state index in [0.717, 1.165) is 103 Å². The molecule has 0 aromatic rings. The number of unbranched alkanes of at least 4 members (excludes halogenated alkanes) is 20. The SMILES string of the molecule is CCCCC/C=C\C/C=C\C/C=C\C/C=C\C/C=C\CCC(=O)OC[C@H](COC(=O)CCCCCC/C=C\C/C=C\C/C=C\CCCCC)OC(=O)CCCCCCCCC/C=C\C/C=C\CCCCC. The summed E-state index contributed by atoms with van der Waals surface area (Å²) in [5.74, 6) is -1.03. The molecule has 71 heavy (non-hydrogen) atoms. The first kappa shape index (κ1) is 66.8. The molecule has 0 amide bonds. The molecule has 0 fully saturated rings. The third kappa shape index (κ3) is 56.6. The highest BCUT2D eigenvalue weighted by Gasteiger charge is 2.19. The first-order valence-electron chi connectivity index (χ1n) is 29.0. The van der Waals surface area contributed by atoms with Crippen molar-refractivity contribution >= 4 is 17.9 Å². The van der Waals surface area contributed by atoms with Crippen LogP contribution < -0.4 is 0 Å². The summed E-state index contributed by atoms with van der Waals surface area (Å²) in [5, 5.41) is 0. The fourth-order valence-electron chi connectivity index (χ4n) is 7.52. The van der Waals surface area contributed by atoms with Crippen LogP contribution in [0.3, 0.4) is 0 Å². The fourth-order valence-corrected chi connectivity index (χ4v) is 7.52. The number of ether oxygens (including phenoxy) is 3. The molecule has 402 valence electrons. The Balaban J connectivity index is 4.57. The number of rotatable bonds is 51. The molecule has 0 N–H and O–H groups in total. The monoisotopic (exact) mass is 983 g/mol. The van der Waals surface area contributed by atoms with Gasteiger partial charge in [-0.3, -0.25) is 14.4 Å². The van der Waals surface area contributed by atoms with Crippen LogP contribution in [-0.4, -0.2) is 37.2 Å². The molecule has 0 radical (unpaired) electrons. The Morgan fingerprint density at radius 3 is 0.873 bits per heavy atom. The molecule has 0 aliphatic heterocycles. The predicted molar refractivity (Wildman–Crippen MR) is 306 cm³/mol. The fraction of sp³-hybridized carbons (Fsp3) is 0.646. The van der Waals surface area contributed by atoms with E-state index in [1.165, 1.54) is 103 Å². The molecule has 0 saturated carbocycles. The van der Waals surface area contributed by atoms with Crippen molar-refractivity contribution in [2.45, 2.75) is 258 Å². The van der Waals surface area contributed by atoms with E-state index in [9.17, 15) is 14.4 Å². The number of allylic oxidation sites excluding steroid dienone is 20. The lowest BCUT2D eigenvalue weighted by Crippen LogP contribution is -2.30. The van der Waals surface area contributed by atoms with Gasteiger partial charge >= 0.3 is 17.9 Å². The van der Waals surface area contributed by atoms with Crippen LogP contribution in [0.2, 0.25) is 0 Å². The van der Waals surface area contributed by atoms with Gasteiger partial charge in [-0.15, -0.1) is 0 Å². The van der Waals surface area contributed by atoms with Gasteiger partial charge in [-0.1, -0.05) is 226 Å². The zero-order valence-electron chi connectivity index (χ0n) is 45.9. The van der Waals surface area contributed by atoms with Crippen molar-refractivity contribution in [3.63, 3.8) is 0 Å². The third-order valence-corrected chi connectivity index (χ3v) is 11.9. The van der Waals surface area contributed by atoms with Gasteiger partial charge in [0, 0.05) is 19.3 Å². The van der Waals surface area contributed by atoms with E-state index in [4.69, 9.17) is 14.2 Å². The number of hydrogen-bond acceptors (Lipinski definition) is 6. The molecule has 0 unspecified atom stereocenters. The van der Waals surface area contributed by atoms with Gasteiger partial charge < -0.3 is 14.2 Å². The van der Waals surface area contributed by atoms with Crippen LogP contribution in [0.25, 0.3) is 0 Å². The molecule has 0 aromatic heterocycles. The molecular weight excluding hydrogens is 877 g/mol. The van der Waals surface area contributed by atoms with E-state index in [-0.39, 0.29) is 37.5 Å². The topological polar surface area (TPSA) is 78.9 Å². The van der Waals surface area contributed by atoms with Gasteiger partial charge in [-0.25, -0.2) is 0 Å². The molecule has 0 spiro atoms. The summed E-state index contributed by atoms with van der Waals surface area (Å²) < 4.78 is 16.8. The van der Waals surface area contributed by atoms with E-state index in [1.807, 2.05) is 6.08 Å². The quantitative estimate of drug-likeness (QED) is 0.0261. The highest BCUT2D eigenvalue weighted by Crippen LogP contribution is 2.13. The first-order chi connectivity index (χ1) is 35.0. The van der Waals surface area contributed by atoms with Gasteiger partial charge in [-0.2, -0.15) is 0 Å². The Hall–Kier alpha value is -4.19. The molecule has 1 atom stereocenters. The zero-order valence-corrected chi connectivity index (χ0v) is 45.9. The maximum absolute atomic E-state index is 12.9. The molecule has 0 aliphatic carbocycles. The van der Waals surface area contributed by atoms with Gasteiger partial charge in [0.05, 0.1) is 0 Å². The summed E-state index contributed by atoms with van der Waals surface area (Å²) in [5.41, 5.74) is 0. The number of carbonyl (C=O) groups is 3. The Labute approximate surface area is 437 Å². The predicted octanol–water partition coefficient (Wildman–Crippen LogP) is 19.6. The highest BCUT2D eigenvalue weighted by molar-refractivity contribution is 5.71. The molecule has 0 saturated heterocycles. The van der Waals surface area contributed by atoms with Gasteiger partial charge in [0.2, 0.25) is 0 Å². The molecule has 0 rings (SSSR count). The summed E-state index contributed by atoms with van der Waals surface area (Å²) >= 11 is 0.